The fourth-order valence-electron chi connectivity index (χ4n) is 1.97. The smallest absolute Gasteiger partial charge is 0.113 e. The zero-order chi connectivity index (χ0) is 12.8. The van der Waals surface area contributed by atoms with Crippen molar-refractivity contribution in [3.8, 4) is 0 Å². The lowest BCUT2D eigenvalue weighted by Gasteiger charge is -2.07. The molecule has 0 unspecified atom stereocenters. The fourth-order valence-corrected chi connectivity index (χ4v) is 2.18. The zero-order valence-electron chi connectivity index (χ0n) is 10.3. The SMILES string of the molecule is NCCCCn1ccnc1Cc1cccc(Cl)c1. The van der Waals surface area contributed by atoms with Crippen LogP contribution in [0.15, 0.2) is 36.7 Å². The fraction of sp³-hybridized carbons (Fsp3) is 0.357. The van der Waals surface area contributed by atoms with E-state index in [4.69, 9.17) is 17.3 Å². The van der Waals surface area contributed by atoms with Crippen molar-refractivity contribution in [2.45, 2.75) is 25.8 Å². The maximum Gasteiger partial charge on any atom is 0.113 e. The van der Waals surface area contributed by atoms with E-state index in [2.05, 4.69) is 15.6 Å². The minimum Gasteiger partial charge on any atom is -0.335 e. The van der Waals surface area contributed by atoms with Gasteiger partial charge in [-0.3, -0.25) is 0 Å². The molecule has 0 radical (unpaired) electrons. The van der Waals surface area contributed by atoms with Gasteiger partial charge in [0.25, 0.3) is 0 Å². The Morgan fingerprint density at radius 2 is 2.17 bits per heavy atom. The second-order valence-electron chi connectivity index (χ2n) is 4.34. The molecule has 4 heteroatoms. The van der Waals surface area contributed by atoms with Crippen molar-refractivity contribution in [1.82, 2.24) is 9.55 Å². The lowest BCUT2D eigenvalue weighted by molar-refractivity contribution is 0.595. The summed E-state index contributed by atoms with van der Waals surface area (Å²) in [5, 5.41) is 0.772. The van der Waals surface area contributed by atoms with Crippen molar-refractivity contribution >= 4 is 11.6 Å². The maximum atomic E-state index is 5.99. The molecule has 18 heavy (non-hydrogen) atoms. The molecule has 0 amide bonds. The third-order valence-corrected chi connectivity index (χ3v) is 3.14. The predicted octanol–water partition coefficient (Wildman–Crippen LogP) is 2.87. The molecule has 1 aromatic heterocycles. The highest BCUT2D eigenvalue weighted by Gasteiger charge is 2.04. The number of imidazole rings is 1. The number of hydrogen-bond acceptors (Lipinski definition) is 2. The van der Waals surface area contributed by atoms with Crippen molar-refractivity contribution in [3.05, 3.63) is 53.1 Å². The van der Waals surface area contributed by atoms with Crippen LogP contribution >= 0.6 is 11.6 Å². The van der Waals surface area contributed by atoms with Gasteiger partial charge in [-0.15, -0.1) is 0 Å². The van der Waals surface area contributed by atoms with Gasteiger partial charge in [-0.1, -0.05) is 23.7 Å². The zero-order valence-corrected chi connectivity index (χ0v) is 11.1. The molecular formula is C14H18ClN3. The van der Waals surface area contributed by atoms with E-state index in [1.54, 1.807) is 0 Å². The van der Waals surface area contributed by atoms with Gasteiger partial charge in [-0.25, -0.2) is 4.98 Å². The molecule has 2 rings (SSSR count). The number of rotatable bonds is 6. The van der Waals surface area contributed by atoms with E-state index in [0.717, 1.165) is 43.2 Å². The molecule has 0 aliphatic carbocycles. The second kappa shape index (κ2) is 6.57. The minimum atomic E-state index is 0.748. The van der Waals surface area contributed by atoms with E-state index in [-0.39, 0.29) is 0 Å². The van der Waals surface area contributed by atoms with Crippen LogP contribution in [0.2, 0.25) is 5.02 Å². The molecule has 0 atom stereocenters. The topological polar surface area (TPSA) is 43.8 Å². The molecule has 0 saturated heterocycles. The lowest BCUT2D eigenvalue weighted by Crippen LogP contribution is -2.06. The van der Waals surface area contributed by atoms with Crippen LogP contribution in [0.5, 0.6) is 0 Å². The van der Waals surface area contributed by atoms with E-state index in [1.165, 1.54) is 5.56 Å². The Kier molecular flexibility index (Phi) is 4.79. The predicted molar refractivity (Wildman–Crippen MR) is 74.8 cm³/mol. The summed E-state index contributed by atoms with van der Waals surface area (Å²) in [5.74, 6) is 1.08. The van der Waals surface area contributed by atoms with Crippen molar-refractivity contribution < 1.29 is 0 Å². The van der Waals surface area contributed by atoms with Gasteiger partial charge in [0.05, 0.1) is 0 Å². The summed E-state index contributed by atoms with van der Waals surface area (Å²) in [7, 11) is 0. The van der Waals surface area contributed by atoms with Crippen LogP contribution in [0.3, 0.4) is 0 Å². The Hall–Kier alpha value is -1.32. The number of aryl methyl sites for hydroxylation is 1. The van der Waals surface area contributed by atoms with E-state index in [1.807, 2.05) is 30.6 Å². The molecular weight excluding hydrogens is 246 g/mol. The number of unbranched alkanes of at least 4 members (excludes halogenated alkanes) is 1. The molecule has 0 fully saturated rings. The molecule has 0 aliphatic rings. The van der Waals surface area contributed by atoms with E-state index in [0.29, 0.717) is 0 Å². The average molecular weight is 264 g/mol. The normalized spacial score (nSPS) is 10.8. The van der Waals surface area contributed by atoms with Crippen LogP contribution in [-0.2, 0) is 13.0 Å². The molecule has 3 nitrogen and oxygen atoms in total. The summed E-state index contributed by atoms with van der Waals surface area (Å²) in [5.41, 5.74) is 6.70. The molecule has 0 bridgehead atoms. The first-order valence-corrected chi connectivity index (χ1v) is 6.62. The first-order valence-electron chi connectivity index (χ1n) is 6.24. The van der Waals surface area contributed by atoms with Crippen LogP contribution in [0, 0.1) is 0 Å². The van der Waals surface area contributed by atoms with Gasteiger partial charge in [0.1, 0.15) is 5.82 Å². The van der Waals surface area contributed by atoms with Crippen LogP contribution in [0.1, 0.15) is 24.2 Å². The van der Waals surface area contributed by atoms with Crippen molar-refractivity contribution in [2.24, 2.45) is 5.73 Å². The van der Waals surface area contributed by atoms with Crippen LogP contribution in [0.4, 0.5) is 0 Å². The maximum absolute atomic E-state index is 5.99. The first-order chi connectivity index (χ1) is 8.79. The van der Waals surface area contributed by atoms with Gasteiger partial charge in [0.15, 0.2) is 0 Å². The monoisotopic (exact) mass is 263 g/mol. The summed E-state index contributed by atoms with van der Waals surface area (Å²) >= 11 is 5.99. The Balaban J connectivity index is 2.03. The Bertz CT molecular complexity index is 493. The van der Waals surface area contributed by atoms with Gasteiger partial charge in [0.2, 0.25) is 0 Å². The van der Waals surface area contributed by atoms with E-state index in [9.17, 15) is 0 Å². The quantitative estimate of drug-likeness (QED) is 0.815. The molecule has 1 aromatic carbocycles. The van der Waals surface area contributed by atoms with Gasteiger partial charge >= 0.3 is 0 Å². The van der Waals surface area contributed by atoms with Crippen LogP contribution in [-0.4, -0.2) is 16.1 Å². The van der Waals surface area contributed by atoms with Crippen LogP contribution in [0.25, 0.3) is 0 Å². The molecule has 0 spiro atoms. The lowest BCUT2D eigenvalue weighted by atomic mass is 10.1. The molecule has 0 aliphatic heterocycles. The molecule has 1 heterocycles. The molecule has 0 saturated carbocycles. The van der Waals surface area contributed by atoms with Crippen LogP contribution < -0.4 is 5.73 Å². The molecule has 2 N–H and O–H groups in total. The highest BCUT2D eigenvalue weighted by Crippen LogP contribution is 2.14. The first kappa shape index (κ1) is 13.1. The van der Waals surface area contributed by atoms with Crippen molar-refractivity contribution in [2.75, 3.05) is 6.54 Å². The largest absolute Gasteiger partial charge is 0.335 e. The number of hydrogen-bond donors (Lipinski definition) is 1. The highest BCUT2D eigenvalue weighted by atomic mass is 35.5. The third kappa shape index (κ3) is 3.59. The highest BCUT2D eigenvalue weighted by molar-refractivity contribution is 6.30. The van der Waals surface area contributed by atoms with Gasteiger partial charge < -0.3 is 10.3 Å². The Morgan fingerprint density at radius 3 is 2.94 bits per heavy atom. The molecule has 2 aromatic rings. The molecule has 96 valence electrons. The summed E-state index contributed by atoms with van der Waals surface area (Å²) < 4.78 is 2.19. The summed E-state index contributed by atoms with van der Waals surface area (Å²) in [6.07, 6.45) is 6.83. The average Bonchev–Trinajstić information content (AvgIpc) is 2.77. The number of nitrogens with two attached hydrogens (primary N) is 1. The Morgan fingerprint density at radius 1 is 1.28 bits per heavy atom. The van der Waals surface area contributed by atoms with E-state index >= 15 is 0 Å². The second-order valence-corrected chi connectivity index (χ2v) is 4.78. The number of halogens is 1. The summed E-state index contributed by atoms with van der Waals surface area (Å²) in [4.78, 5) is 4.41. The summed E-state index contributed by atoms with van der Waals surface area (Å²) in [6, 6.07) is 7.92. The van der Waals surface area contributed by atoms with E-state index < -0.39 is 0 Å². The standard InChI is InChI=1S/C14H18ClN3/c15-13-5-3-4-12(10-13)11-14-17-7-9-18(14)8-2-1-6-16/h3-5,7,9-10H,1-2,6,8,11,16H2. The van der Waals surface area contributed by atoms with Gasteiger partial charge in [0, 0.05) is 30.4 Å². The number of nitrogens with zero attached hydrogens (tertiary/aromatic N) is 2. The number of aromatic nitrogens is 2. The van der Waals surface area contributed by atoms with Crippen molar-refractivity contribution in [1.29, 1.82) is 0 Å². The number of benzene rings is 1. The van der Waals surface area contributed by atoms with Crippen molar-refractivity contribution in [3.63, 3.8) is 0 Å². The third-order valence-electron chi connectivity index (χ3n) is 2.91. The van der Waals surface area contributed by atoms with Gasteiger partial charge in [-0.2, -0.15) is 0 Å². The summed E-state index contributed by atoms with van der Waals surface area (Å²) in [6.45, 7) is 1.73. The van der Waals surface area contributed by atoms with Gasteiger partial charge in [-0.05, 0) is 37.1 Å². The minimum absolute atomic E-state index is 0.748. The Labute approximate surface area is 113 Å².